The number of hydrogen-bond donors (Lipinski definition) is 1. The van der Waals surface area contributed by atoms with Gasteiger partial charge in [-0.3, -0.25) is 19.3 Å². The van der Waals surface area contributed by atoms with Gasteiger partial charge in [0.25, 0.3) is 5.91 Å². The van der Waals surface area contributed by atoms with Gasteiger partial charge in [-0.25, -0.2) is 0 Å². The summed E-state index contributed by atoms with van der Waals surface area (Å²) in [4.78, 5) is 38.8. The lowest BCUT2D eigenvalue weighted by atomic mass is 10.0. The smallest absolute Gasteiger partial charge is 0.268 e. The van der Waals surface area contributed by atoms with E-state index in [2.05, 4.69) is 5.32 Å². The summed E-state index contributed by atoms with van der Waals surface area (Å²) in [6, 6.07) is 14.9. The highest BCUT2D eigenvalue weighted by Crippen LogP contribution is 2.35. The maximum absolute atomic E-state index is 12.7. The Labute approximate surface area is 170 Å². The molecule has 2 aromatic carbocycles. The first kappa shape index (κ1) is 20.6. The fraction of sp³-hybridized carbons (Fsp3) is 0.348. The third-order valence-corrected chi connectivity index (χ3v) is 4.85. The number of amides is 2. The van der Waals surface area contributed by atoms with Crippen LogP contribution in [0.3, 0.4) is 0 Å². The number of nitrogens with zero attached hydrogens (tertiary/aromatic N) is 1. The van der Waals surface area contributed by atoms with Crippen LogP contribution >= 0.6 is 0 Å². The van der Waals surface area contributed by atoms with E-state index in [0.29, 0.717) is 36.4 Å². The number of carbonyl (C=O) groups is 3. The molecule has 6 nitrogen and oxygen atoms in total. The molecule has 1 N–H and O–H groups in total. The van der Waals surface area contributed by atoms with E-state index in [1.54, 1.807) is 25.1 Å². The van der Waals surface area contributed by atoms with Crippen LogP contribution in [0.1, 0.15) is 42.6 Å². The average molecular weight is 394 g/mol. The van der Waals surface area contributed by atoms with Crippen LogP contribution in [0.25, 0.3) is 0 Å². The van der Waals surface area contributed by atoms with E-state index in [1.165, 1.54) is 4.90 Å². The monoisotopic (exact) mass is 394 g/mol. The third-order valence-electron chi connectivity index (χ3n) is 4.85. The molecule has 1 heterocycles. The van der Waals surface area contributed by atoms with Crippen LogP contribution in [0.4, 0.5) is 5.69 Å². The molecule has 0 bridgehead atoms. The zero-order chi connectivity index (χ0) is 20.8. The van der Waals surface area contributed by atoms with Crippen molar-refractivity contribution in [2.45, 2.75) is 39.2 Å². The standard InChI is InChI=1S/C23H26N2O4/c1-3-7-20(26)18-10-11-21-19(14-18)25(23(28)16(2)29-21)15-22(27)24-13-12-17-8-5-4-6-9-17/h4-6,8-11,14,16H,3,7,12-13,15H2,1-2H3,(H,24,27). The Morgan fingerprint density at radius 2 is 1.90 bits per heavy atom. The molecule has 2 aromatic rings. The zero-order valence-corrected chi connectivity index (χ0v) is 16.8. The van der Waals surface area contributed by atoms with E-state index in [1.807, 2.05) is 37.3 Å². The topological polar surface area (TPSA) is 75.7 Å². The summed E-state index contributed by atoms with van der Waals surface area (Å²) in [6.07, 6.45) is 1.21. The molecule has 6 heteroatoms. The minimum absolute atomic E-state index is 0.00799. The number of rotatable bonds is 8. The third kappa shape index (κ3) is 5.02. The van der Waals surface area contributed by atoms with Crippen molar-refractivity contribution in [3.05, 3.63) is 59.7 Å². The van der Waals surface area contributed by atoms with Gasteiger partial charge in [0.05, 0.1) is 5.69 Å². The molecule has 0 saturated heterocycles. The fourth-order valence-electron chi connectivity index (χ4n) is 3.31. The van der Waals surface area contributed by atoms with Crippen molar-refractivity contribution in [1.82, 2.24) is 5.32 Å². The number of ketones is 1. The number of benzene rings is 2. The number of anilines is 1. The van der Waals surface area contributed by atoms with Crippen LogP contribution in [0.15, 0.2) is 48.5 Å². The van der Waals surface area contributed by atoms with E-state index in [-0.39, 0.29) is 24.1 Å². The Morgan fingerprint density at radius 1 is 1.14 bits per heavy atom. The van der Waals surface area contributed by atoms with Crippen molar-refractivity contribution >= 4 is 23.3 Å². The van der Waals surface area contributed by atoms with Crippen LogP contribution in [-0.2, 0) is 16.0 Å². The van der Waals surface area contributed by atoms with Gasteiger partial charge >= 0.3 is 0 Å². The SMILES string of the molecule is CCCC(=O)c1ccc2c(c1)N(CC(=O)NCCc1ccccc1)C(=O)C(C)O2. The molecule has 3 rings (SSSR count). The summed E-state index contributed by atoms with van der Waals surface area (Å²) in [5, 5.41) is 2.86. The molecule has 2 amide bonds. The van der Waals surface area contributed by atoms with Gasteiger partial charge in [-0.2, -0.15) is 0 Å². The highest BCUT2D eigenvalue weighted by molar-refractivity contribution is 6.05. The van der Waals surface area contributed by atoms with Gasteiger partial charge in [0.1, 0.15) is 12.3 Å². The predicted molar refractivity (Wildman–Crippen MR) is 111 cm³/mol. The van der Waals surface area contributed by atoms with E-state index >= 15 is 0 Å². The van der Waals surface area contributed by atoms with Crippen LogP contribution in [0.2, 0.25) is 0 Å². The quantitative estimate of drug-likeness (QED) is 0.698. The second kappa shape index (κ2) is 9.37. The molecule has 1 aliphatic rings. The van der Waals surface area contributed by atoms with Gasteiger partial charge in [-0.1, -0.05) is 37.3 Å². The Balaban J connectivity index is 1.70. The molecule has 1 unspecified atom stereocenters. The summed E-state index contributed by atoms with van der Waals surface area (Å²) in [5.41, 5.74) is 2.12. The van der Waals surface area contributed by atoms with Crippen molar-refractivity contribution in [3.63, 3.8) is 0 Å². The molecule has 0 saturated carbocycles. The van der Waals surface area contributed by atoms with Crippen molar-refractivity contribution in [3.8, 4) is 5.75 Å². The number of ether oxygens (including phenoxy) is 1. The molecule has 0 radical (unpaired) electrons. The normalized spacial score (nSPS) is 15.4. The van der Waals surface area contributed by atoms with Crippen molar-refractivity contribution in [2.24, 2.45) is 0 Å². The molecule has 1 aliphatic heterocycles. The Kier molecular flexibility index (Phi) is 6.65. The molecule has 152 valence electrons. The van der Waals surface area contributed by atoms with Crippen molar-refractivity contribution < 1.29 is 19.1 Å². The maximum atomic E-state index is 12.7. The first-order valence-corrected chi connectivity index (χ1v) is 9.95. The number of hydrogen-bond acceptors (Lipinski definition) is 4. The molecule has 1 atom stereocenters. The summed E-state index contributed by atoms with van der Waals surface area (Å²) in [5.74, 6) is -0.0358. The summed E-state index contributed by atoms with van der Waals surface area (Å²) in [7, 11) is 0. The van der Waals surface area contributed by atoms with Gasteiger partial charge in [0.15, 0.2) is 11.9 Å². The first-order chi connectivity index (χ1) is 14.0. The Hall–Kier alpha value is -3.15. The van der Waals surface area contributed by atoms with Crippen LogP contribution in [0.5, 0.6) is 5.75 Å². The second-order valence-corrected chi connectivity index (χ2v) is 7.13. The highest BCUT2D eigenvalue weighted by atomic mass is 16.5. The summed E-state index contributed by atoms with van der Waals surface area (Å²) in [6.45, 7) is 3.97. The molecule has 0 aromatic heterocycles. The minimum Gasteiger partial charge on any atom is -0.479 e. The first-order valence-electron chi connectivity index (χ1n) is 9.95. The molecule has 0 spiro atoms. The van der Waals surface area contributed by atoms with E-state index in [9.17, 15) is 14.4 Å². The minimum atomic E-state index is -0.684. The summed E-state index contributed by atoms with van der Waals surface area (Å²) < 4.78 is 5.66. The average Bonchev–Trinajstić information content (AvgIpc) is 2.72. The van der Waals surface area contributed by atoms with Crippen molar-refractivity contribution in [2.75, 3.05) is 18.0 Å². The molecule has 0 fully saturated rings. The molecule has 29 heavy (non-hydrogen) atoms. The Bertz CT molecular complexity index is 895. The number of Topliss-reactive ketones (excluding diaryl/α,β-unsaturated/α-hetero) is 1. The predicted octanol–water partition coefficient (Wildman–Crippen LogP) is 3.14. The van der Waals surface area contributed by atoms with Crippen LogP contribution in [0, 0.1) is 0 Å². The summed E-state index contributed by atoms with van der Waals surface area (Å²) >= 11 is 0. The van der Waals surface area contributed by atoms with Crippen LogP contribution in [-0.4, -0.2) is 36.8 Å². The lowest BCUT2D eigenvalue weighted by molar-refractivity contribution is -0.128. The van der Waals surface area contributed by atoms with Gasteiger partial charge < -0.3 is 10.1 Å². The second-order valence-electron chi connectivity index (χ2n) is 7.13. The maximum Gasteiger partial charge on any atom is 0.268 e. The fourth-order valence-corrected chi connectivity index (χ4v) is 3.31. The van der Waals surface area contributed by atoms with E-state index in [0.717, 1.165) is 12.0 Å². The molecule has 0 aliphatic carbocycles. The number of nitrogens with one attached hydrogen (secondary N) is 1. The lowest BCUT2D eigenvalue weighted by Gasteiger charge is -2.32. The van der Waals surface area contributed by atoms with Gasteiger partial charge in [-0.05, 0) is 43.5 Å². The Morgan fingerprint density at radius 3 is 2.62 bits per heavy atom. The molecular weight excluding hydrogens is 368 g/mol. The van der Waals surface area contributed by atoms with Crippen molar-refractivity contribution in [1.29, 1.82) is 0 Å². The van der Waals surface area contributed by atoms with E-state index < -0.39 is 6.10 Å². The highest BCUT2D eigenvalue weighted by Gasteiger charge is 2.33. The number of carbonyl (C=O) groups excluding carboxylic acids is 3. The van der Waals surface area contributed by atoms with Gasteiger partial charge in [0.2, 0.25) is 5.91 Å². The van der Waals surface area contributed by atoms with Crippen LogP contribution < -0.4 is 15.0 Å². The van der Waals surface area contributed by atoms with Gasteiger partial charge in [-0.15, -0.1) is 0 Å². The number of fused-ring (bicyclic) bond motifs is 1. The largest absolute Gasteiger partial charge is 0.479 e. The zero-order valence-electron chi connectivity index (χ0n) is 16.8. The van der Waals surface area contributed by atoms with E-state index in [4.69, 9.17) is 4.74 Å². The lowest BCUT2D eigenvalue weighted by Crippen LogP contribution is -2.49. The molecular formula is C23H26N2O4. The van der Waals surface area contributed by atoms with Gasteiger partial charge in [0, 0.05) is 18.5 Å².